The lowest BCUT2D eigenvalue weighted by molar-refractivity contribution is -0.149. The summed E-state index contributed by atoms with van der Waals surface area (Å²) in [6.07, 6.45) is 8.29. The van der Waals surface area contributed by atoms with Crippen molar-refractivity contribution in [2.75, 3.05) is 13.7 Å². The van der Waals surface area contributed by atoms with E-state index in [0.29, 0.717) is 12.5 Å². The number of hydrazine groups is 1. The van der Waals surface area contributed by atoms with Gasteiger partial charge in [-0.15, -0.1) is 0 Å². The van der Waals surface area contributed by atoms with Crippen LogP contribution in [0.4, 0.5) is 0 Å². The number of nitrogens with zero attached hydrogens (tertiary/aromatic N) is 1. The van der Waals surface area contributed by atoms with Gasteiger partial charge >= 0.3 is 5.97 Å². The van der Waals surface area contributed by atoms with Crippen molar-refractivity contribution in [1.29, 1.82) is 0 Å². The van der Waals surface area contributed by atoms with Crippen molar-refractivity contribution in [3.8, 4) is 0 Å². The van der Waals surface area contributed by atoms with E-state index >= 15 is 0 Å². The van der Waals surface area contributed by atoms with E-state index in [1.807, 2.05) is 45.1 Å². The summed E-state index contributed by atoms with van der Waals surface area (Å²) < 4.78 is 5.14. The normalized spacial score (nSPS) is 15.6. The van der Waals surface area contributed by atoms with Crippen molar-refractivity contribution in [1.82, 2.24) is 10.4 Å². The van der Waals surface area contributed by atoms with E-state index in [-0.39, 0.29) is 12.0 Å². The van der Waals surface area contributed by atoms with E-state index in [9.17, 15) is 4.79 Å². The van der Waals surface area contributed by atoms with Crippen molar-refractivity contribution in [3.05, 3.63) is 12.3 Å². The smallest absolute Gasteiger partial charge is 0.330 e. The molecule has 0 bridgehead atoms. The Morgan fingerprint density at radius 3 is 2.47 bits per heavy atom. The number of carbonyl (C=O) groups is 1. The number of nitrogens with one attached hydrogen (secondary N) is 1. The molecule has 4 heteroatoms. The minimum Gasteiger partial charge on any atom is -0.464 e. The molecular formula is C15H30N2O2. The van der Waals surface area contributed by atoms with E-state index in [0.717, 1.165) is 12.8 Å². The molecule has 0 aromatic carbocycles. The number of hydrogen-bond donors (Lipinski definition) is 1. The van der Waals surface area contributed by atoms with E-state index in [1.165, 1.54) is 12.8 Å². The molecule has 1 aliphatic rings. The summed E-state index contributed by atoms with van der Waals surface area (Å²) in [5.74, 6) is 0.560. The SMILES string of the molecule is CC.CC/C=C\N(NC)C(CC1CC1)C(=O)OCC. The summed E-state index contributed by atoms with van der Waals surface area (Å²) in [6, 6.07) is -0.199. The predicted octanol–water partition coefficient (Wildman–Crippen LogP) is 3.10. The molecule has 4 nitrogen and oxygen atoms in total. The Balaban J connectivity index is 0.00000154. The molecule has 1 N–H and O–H groups in total. The zero-order chi connectivity index (χ0) is 14.7. The molecule has 0 aromatic rings. The van der Waals surface area contributed by atoms with Gasteiger partial charge in [-0.25, -0.2) is 10.2 Å². The van der Waals surface area contributed by atoms with Crippen LogP contribution in [0.15, 0.2) is 12.3 Å². The third-order valence-corrected chi connectivity index (χ3v) is 2.91. The number of ether oxygens (including phenoxy) is 1. The summed E-state index contributed by atoms with van der Waals surface area (Å²) in [5.41, 5.74) is 3.06. The standard InChI is InChI=1S/C13H24N2O2.C2H6/c1-4-6-9-15(14-3)12(10-11-7-8-11)13(16)17-5-2;1-2/h6,9,11-12,14H,4-5,7-8,10H2,1-3H3;1-2H3/b9-6-;. The first kappa shape index (κ1) is 18.0. The Bertz CT molecular complexity index is 263. The summed E-state index contributed by atoms with van der Waals surface area (Å²) in [5, 5.41) is 1.86. The highest BCUT2D eigenvalue weighted by Gasteiger charge is 2.32. The van der Waals surface area contributed by atoms with E-state index < -0.39 is 0 Å². The highest BCUT2D eigenvalue weighted by atomic mass is 16.5. The number of allylic oxidation sites excluding steroid dienone is 1. The molecule has 112 valence electrons. The van der Waals surface area contributed by atoms with Crippen LogP contribution in [-0.2, 0) is 9.53 Å². The van der Waals surface area contributed by atoms with Gasteiger partial charge in [-0.3, -0.25) is 0 Å². The molecule has 1 atom stereocenters. The quantitative estimate of drug-likeness (QED) is 0.543. The van der Waals surface area contributed by atoms with Crippen LogP contribution in [0.3, 0.4) is 0 Å². The lowest BCUT2D eigenvalue weighted by Crippen LogP contribution is -2.45. The lowest BCUT2D eigenvalue weighted by Gasteiger charge is -2.28. The highest BCUT2D eigenvalue weighted by molar-refractivity contribution is 5.75. The number of carbonyl (C=O) groups excluding carboxylic acids is 1. The molecule has 0 amide bonds. The molecule has 0 aliphatic heterocycles. The number of hydrogen-bond acceptors (Lipinski definition) is 4. The van der Waals surface area contributed by atoms with Gasteiger partial charge in [0.25, 0.3) is 0 Å². The van der Waals surface area contributed by atoms with Crippen LogP contribution in [0, 0.1) is 5.92 Å². The second kappa shape index (κ2) is 10.9. The molecule has 1 aliphatic carbocycles. The maximum absolute atomic E-state index is 11.9. The van der Waals surface area contributed by atoms with Gasteiger partial charge in [0.2, 0.25) is 0 Å². The first-order chi connectivity index (χ1) is 9.22. The first-order valence-corrected chi connectivity index (χ1v) is 7.51. The Morgan fingerprint density at radius 2 is 2.05 bits per heavy atom. The number of rotatable bonds is 8. The van der Waals surface area contributed by atoms with Crippen LogP contribution in [0.2, 0.25) is 0 Å². The second-order valence-electron chi connectivity index (χ2n) is 4.37. The second-order valence-corrected chi connectivity index (χ2v) is 4.37. The van der Waals surface area contributed by atoms with Crippen LogP contribution in [0.25, 0.3) is 0 Å². The molecule has 0 spiro atoms. The fourth-order valence-electron chi connectivity index (χ4n) is 1.78. The maximum Gasteiger partial charge on any atom is 0.330 e. The van der Waals surface area contributed by atoms with E-state index in [4.69, 9.17) is 4.74 Å². The number of esters is 1. The van der Waals surface area contributed by atoms with Crippen molar-refractivity contribution in [2.24, 2.45) is 5.92 Å². The van der Waals surface area contributed by atoms with Crippen molar-refractivity contribution in [2.45, 2.75) is 59.4 Å². The Hall–Kier alpha value is -1.03. The first-order valence-electron chi connectivity index (χ1n) is 7.51. The average molecular weight is 270 g/mol. The average Bonchev–Trinajstić information content (AvgIpc) is 3.24. The topological polar surface area (TPSA) is 41.6 Å². The van der Waals surface area contributed by atoms with Gasteiger partial charge in [0, 0.05) is 13.2 Å². The molecule has 0 saturated heterocycles. The monoisotopic (exact) mass is 270 g/mol. The highest BCUT2D eigenvalue weighted by Crippen LogP contribution is 2.34. The minimum atomic E-state index is -0.199. The van der Waals surface area contributed by atoms with Crippen LogP contribution < -0.4 is 5.43 Å². The van der Waals surface area contributed by atoms with Crippen LogP contribution >= 0.6 is 0 Å². The van der Waals surface area contributed by atoms with Gasteiger partial charge in [0.15, 0.2) is 0 Å². The summed E-state index contributed by atoms with van der Waals surface area (Å²) in [6.45, 7) is 8.36. The minimum absolute atomic E-state index is 0.130. The predicted molar refractivity (Wildman–Crippen MR) is 79.4 cm³/mol. The van der Waals surface area contributed by atoms with Gasteiger partial charge < -0.3 is 9.75 Å². The molecule has 0 aromatic heterocycles. The third-order valence-electron chi connectivity index (χ3n) is 2.91. The Labute approximate surface area is 118 Å². The van der Waals surface area contributed by atoms with Crippen LogP contribution in [0.5, 0.6) is 0 Å². The largest absolute Gasteiger partial charge is 0.464 e. The van der Waals surface area contributed by atoms with Gasteiger partial charge in [0.05, 0.1) is 6.61 Å². The Morgan fingerprint density at radius 1 is 1.42 bits per heavy atom. The molecular weight excluding hydrogens is 240 g/mol. The summed E-state index contributed by atoms with van der Waals surface area (Å²) >= 11 is 0. The van der Waals surface area contributed by atoms with Gasteiger partial charge in [-0.2, -0.15) is 0 Å². The van der Waals surface area contributed by atoms with Crippen LogP contribution in [-0.4, -0.2) is 30.7 Å². The third kappa shape index (κ3) is 7.21. The van der Waals surface area contributed by atoms with E-state index in [2.05, 4.69) is 12.3 Å². The van der Waals surface area contributed by atoms with Crippen molar-refractivity contribution < 1.29 is 9.53 Å². The Kier molecular flexibility index (Phi) is 10.3. The van der Waals surface area contributed by atoms with Gasteiger partial charge in [-0.05, 0) is 25.7 Å². The zero-order valence-electron chi connectivity index (χ0n) is 13.1. The van der Waals surface area contributed by atoms with Gasteiger partial charge in [0.1, 0.15) is 6.04 Å². The van der Waals surface area contributed by atoms with Gasteiger partial charge in [-0.1, -0.05) is 39.7 Å². The fourth-order valence-corrected chi connectivity index (χ4v) is 1.78. The summed E-state index contributed by atoms with van der Waals surface area (Å²) in [7, 11) is 1.83. The maximum atomic E-state index is 11.9. The van der Waals surface area contributed by atoms with Crippen molar-refractivity contribution >= 4 is 5.97 Å². The van der Waals surface area contributed by atoms with E-state index in [1.54, 1.807) is 0 Å². The molecule has 0 heterocycles. The fraction of sp³-hybridized carbons (Fsp3) is 0.800. The molecule has 1 unspecified atom stereocenters. The molecule has 1 rings (SSSR count). The van der Waals surface area contributed by atoms with Crippen LogP contribution in [0.1, 0.15) is 53.4 Å². The molecule has 1 fully saturated rings. The van der Waals surface area contributed by atoms with Crippen molar-refractivity contribution in [3.63, 3.8) is 0 Å². The molecule has 1 saturated carbocycles. The molecule has 19 heavy (non-hydrogen) atoms. The lowest BCUT2D eigenvalue weighted by atomic mass is 10.1. The molecule has 0 radical (unpaired) electrons. The summed E-state index contributed by atoms with van der Waals surface area (Å²) in [4.78, 5) is 11.9. The zero-order valence-corrected chi connectivity index (χ0v) is 13.1.